The minimum atomic E-state index is -0.352. The van der Waals surface area contributed by atoms with Gasteiger partial charge in [-0.05, 0) is 48.5 Å². The molecule has 2 N–H and O–H groups in total. The summed E-state index contributed by atoms with van der Waals surface area (Å²) in [5.74, 6) is 0.526. The Bertz CT molecular complexity index is 1370. The quantitative estimate of drug-likeness (QED) is 0.297. The fraction of sp³-hybridized carbons (Fsp3) is 0.185. The van der Waals surface area contributed by atoms with Gasteiger partial charge in [0.2, 0.25) is 5.91 Å². The summed E-state index contributed by atoms with van der Waals surface area (Å²) in [4.78, 5) is 26.0. The van der Waals surface area contributed by atoms with Crippen molar-refractivity contribution in [1.82, 2.24) is 9.88 Å². The van der Waals surface area contributed by atoms with Gasteiger partial charge in [-0.25, -0.2) is 4.39 Å². The molecule has 0 saturated heterocycles. The van der Waals surface area contributed by atoms with Gasteiger partial charge < -0.3 is 24.7 Å². The van der Waals surface area contributed by atoms with Gasteiger partial charge in [0.15, 0.2) is 11.5 Å². The average molecular weight is 508 g/mol. The Morgan fingerprint density at radius 3 is 2.47 bits per heavy atom. The maximum absolute atomic E-state index is 13.1. The monoisotopic (exact) mass is 507 g/mol. The van der Waals surface area contributed by atoms with Gasteiger partial charge in [0.25, 0.3) is 5.91 Å². The van der Waals surface area contributed by atoms with Gasteiger partial charge >= 0.3 is 0 Å². The molecule has 0 aliphatic heterocycles. The summed E-state index contributed by atoms with van der Waals surface area (Å²) >= 11 is 1.43. The van der Waals surface area contributed by atoms with E-state index in [-0.39, 0.29) is 23.4 Å². The second kappa shape index (κ2) is 11.6. The molecule has 7 nitrogen and oxygen atoms in total. The first-order valence-electron chi connectivity index (χ1n) is 11.2. The number of anilines is 1. The number of amides is 2. The van der Waals surface area contributed by atoms with Crippen molar-refractivity contribution < 1.29 is 23.5 Å². The Balaban J connectivity index is 1.38. The number of nitrogens with one attached hydrogen (secondary N) is 2. The molecule has 0 aliphatic rings. The molecular weight excluding hydrogens is 481 g/mol. The van der Waals surface area contributed by atoms with E-state index in [1.165, 1.54) is 43.1 Å². The molecule has 186 valence electrons. The highest BCUT2D eigenvalue weighted by Crippen LogP contribution is 2.30. The second-order valence-electron chi connectivity index (χ2n) is 7.87. The van der Waals surface area contributed by atoms with Gasteiger partial charge in [0.1, 0.15) is 5.82 Å². The molecule has 0 radical (unpaired) electrons. The number of benzene rings is 3. The molecule has 1 aromatic heterocycles. The minimum absolute atomic E-state index is 0.175. The van der Waals surface area contributed by atoms with Crippen LogP contribution in [0.5, 0.6) is 11.5 Å². The molecule has 0 spiro atoms. The lowest BCUT2D eigenvalue weighted by atomic mass is 10.2. The Morgan fingerprint density at radius 1 is 0.972 bits per heavy atom. The van der Waals surface area contributed by atoms with Crippen molar-refractivity contribution in [3.63, 3.8) is 0 Å². The molecule has 2 amide bonds. The lowest BCUT2D eigenvalue weighted by Gasteiger charge is -2.10. The van der Waals surface area contributed by atoms with Crippen molar-refractivity contribution in [2.45, 2.75) is 11.4 Å². The summed E-state index contributed by atoms with van der Waals surface area (Å²) in [7, 11) is 3.07. The molecule has 0 unspecified atom stereocenters. The molecule has 3 aromatic carbocycles. The van der Waals surface area contributed by atoms with Crippen LogP contribution in [0.1, 0.15) is 10.4 Å². The zero-order chi connectivity index (χ0) is 25.5. The van der Waals surface area contributed by atoms with Crippen molar-refractivity contribution in [3.05, 3.63) is 84.3 Å². The van der Waals surface area contributed by atoms with Gasteiger partial charge in [0.05, 0.1) is 20.0 Å². The number of carbonyl (C=O) groups excluding carboxylic acids is 2. The number of nitrogens with zero attached hydrogens (tertiary/aromatic N) is 1. The van der Waals surface area contributed by atoms with E-state index in [1.54, 1.807) is 25.3 Å². The Morgan fingerprint density at radius 2 is 1.72 bits per heavy atom. The molecule has 9 heteroatoms. The standard InChI is InChI=1S/C27H26FN3O4S/c1-34-23-12-7-18(15-24(23)35-2)27(33)29-13-14-31-16-25(21-5-3-4-6-22(21)31)36-17-26(32)30-20-10-8-19(28)9-11-20/h3-12,15-16H,13-14,17H2,1-2H3,(H,29,33)(H,30,32). The van der Waals surface area contributed by atoms with Crippen molar-refractivity contribution in [1.29, 1.82) is 0 Å². The largest absolute Gasteiger partial charge is 0.493 e. The van der Waals surface area contributed by atoms with Crippen LogP contribution in [0.25, 0.3) is 10.9 Å². The molecule has 36 heavy (non-hydrogen) atoms. The van der Waals surface area contributed by atoms with Crippen LogP contribution >= 0.6 is 11.8 Å². The van der Waals surface area contributed by atoms with Gasteiger partial charge in [-0.3, -0.25) is 9.59 Å². The number of methoxy groups -OCH3 is 2. The van der Waals surface area contributed by atoms with E-state index in [0.717, 1.165) is 15.8 Å². The molecule has 0 saturated carbocycles. The molecule has 4 rings (SSSR count). The lowest BCUT2D eigenvalue weighted by Crippen LogP contribution is -2.27. The highest BCUT2D eigenvalue weighted by atomic mass is 32.2. The van der Waals surface area contributed by atoms with Gasteiger partial charge in [0, 0.05) is 46.3 Å². The zero-order valence-corrected chi connectivity index (χ0v) is 20.7. The Labute approximate surface area is 212 Å². The third-order valence-electron chi connectivity index (χ3n) is 5.52. The number of hydrogen-bond acceptors (Lipinski definition) is 5. The van der Waals surface area contributed by atoms with Crippen LogP contribution in [0, 0.1) is 5.82 Å². The number of rotatable bonds is 10. The fourth-order valence-corrected chi connectivity index (χ4v) is 4.64. The van der Waals surface area contributed by atoms with Crippen molar-refractivity contribution in [3.8, 4) is 11.5 Å². The van der Waals surface area contributed by atoms with E-state index >= 15 is 0 Å². The first kappa shape index (κ1) is 25.1. The van der Waals surface area contributed by atoms with Crippen LogP contribution in [0.2, 0.25) is 0 Å². The number of carbonyl (C=O) groups is 2. The number of fused-ring (bicyclic) bond motifs is 1. The van der Waals surface area contributed by atoms with Crippen molar-refractivity contribution in [2.24, 2.45) is 0 Å². The number of halogens is 1. The molecular formula is C27H26FN3O4S. The van der Waals surface area contributed by atoms with E-state index in [9.17, 15) is 14.0 Å². The summed E-state index contributed by atoms with van der Waals surface area (Å²) < 4.78 is 25.6. The van der Waals surface area contributed by atoms with Crippen molar-refractivity contribution in [2.75, 3.05) is 31.8 Å². The van der Waals surface area contributed by atoms with Gasteiger partial charge in [-0.2, -0.15) is 0 Å². The molecule has 0 fully saturated rings. The van der Waals surface area contributed by atoms with E-state index in [4.69, 9.17) is 9.47 Å². The van der Waals surface area contributed by atoms with Gasteiger partial charge in [-0.15, -0.1) is 11.8 Å². The van der Waals surface area contributed by atoms with Crippen molar-refractivity contribution >= 4 is 40.2 Å². The first-order chi connectivity index (χ1) is 17.5. The fourth-order valence-electron chi connectivity index (χ4n) is 3.76. The summed E-state index contributed by atoms with van der Waals surface area (Å²) in [5, 5.41) is 6.74. The summed E-state index contributed by atoms with van der Waals surface area (Å²) in [5.41, 5.74) is 2.04. The van der Waals surface area contributed by atoms with E-state index in [0.29, 0.717) is 35.8 Å². The topological polar surface area (TPSA) is 81.6 Å². The van der Waals surface area contributed by atoms with E-state index in [2.05, 4.69) is 15.2 Å². The van der Waals surface area contributed by atoms with E-state index in [1.807, 2.05) is 30.5 Å². The molecule has 0 atom stereocenters. The summed E-state index contributed by atoms with van der Waals surface area (Å²) in [6.07, 6.45) is 1.99. The molecule has 1 heterocycles. The normalized spacial score (nSPS) is 10.8. The second-order valence-corrected chi connectivity index (χ2v) is 8.89. The lowest BCUT2D eigenvalue weighted by molar-refractivity contribution is -0.113. The van der Waals surface area contributed by atoms with Crippen LogP contribution in [0.4, 0.5) is 10.1 Å². The van der Waals surface area contributed by atoms with Crippen LogP contribution in [-0.4, -0.2) is 42.9 Å². The van der Waals surface area contributed by atoms with Crippen LogP contribution in [0.3, 0.4) is 0 Å². The molecule has 4 aromatic rings. The molecule has 0 aliphatic carbocycles. The highest BCUT2D eigenvalue weighted by molar-refractivity contribution is 8.00. The minimum Gasteiger partial charge on any atom is -0.493 e. The maximum atomic E-state index is 13.1. The highest BCUT2D eigenvalue weighted by Gasteiger charge is 2.13. The SMILES string of the molecule is COc1ccc(C(=O)NCCn2cc(SCC(=O)Nc3ccc(F)cc3)c3ccccc32)cc1OC. The number of para-hydroxylation sites is 1. The number of aromatic nitrogens is 1. The smallest absolute Gasteiger partial charge is 0.251 e. The predicted molar refractivity (Wildman–Crippen MR) is 140 cm³/mol. The van der Waals surface area contributed by atoms with Gasteiger partial charge in [-0.1, -0.05) is 18.2 Å². The van der Waals surface area contributed by atoms with Crippen LogP contribution in [-0.2, 0) is 11.3 Å². The summed E-state index contributed by atoms with van der Waals surface area (Å²) in [6.45, 7) is 0.975. The molecule has 0 bridgehead atoms. The third kappa shape index (κ3) is 5.98. The zero-order valence-electron chi connectivity index (χ0n) is 19.9. The number of ether oxygens (including phenoxy) is 2. The maximum Gasteiger partial charge on any atom is 0.251 e. The van der Waals surface area contributed by atoms with Crippen LogP contribution < -0.4 is 20.1 Å². The average Bonchev–Trinajstić information content (AvgIpc) is 3.26. The van der Waals surface area contributed by atoms with E-state index < -0.39 is 0 Å². The third-order valence-corrected chi connectivity index (χ3v) is 6.57. The first-order valence-corrected chi connectivity index (χ1v) is 12.2. The van der Waals surface area contributed by atoms with Crippen LogP contribution in [0.15, 0.2) is 77.8 Å². The number of thioether (sulfide) groups is 1. The Hall–Kier alpha value is -3.98. The number of hydrogen-bond donors (Lipinski definition) is 2. The predicted octanol–water partition coefficient (Wildman–Crippen LogP) is 4.96. The summed E-state index contributed by atoms with van der Waals surface area (Å²) in [6, 6.07) is 18.6. The Kier molecular flexibility index (Phi) is 8.12.